The molecule has 2 aliphatic heterocycles. The number of carbonyl (C=O) groups excluding carboxylic acids is 4. The van der Waals surface area contributed by atoms with Crippen molar-refractivity contribution in [1.82, 2.24) is 0 Å². The van der Waals surface area contributed by atoms with E-state index in [1.807, 2.05) is 12.1 Å². The van der Waals surface area contributed by atoms with Crippen molar-refractivity contribution in [2.75, 3.05) is 0 Å². The Morgan fingerprint density at radius 2 is 0.447 bits per heavy atom. The number of hydrogen-bond acceptors (Lipinski definition) is 6. The van der Waals surface area contributed by atoms with Gasteiger partial charge in [0.2, 0.25) is 0 Å². The molecule has 6 heteroatoms. The minimum atomic E-state index is -0.687. The average molecular weight is 999 g/mol. The lowest BCUT2D eigenvalue weighted by atomic mass is 9.79. The Bertz CT molecular complexity index is 3480. The van der Waals surface area contributed by atoms with Crippen LogP contribution in [0.5, 0.6) is 0 Å². The maximum atomic E-state index is 13.5. The largest absolute Gasteiger partial charge is 0.386 e. The zero-order valence-electron chi connectivity index (χ0n) is 45.5. The molecule has 0 N–H and O–H groups in total. The number of fused-ring (bicyclic) bond motifs is 4. The van der Waals surface area contributed by atoms with Crippen LogP contribution in [0.2, 0.25) is 0 Å². The van der Waals surface area contributed by atoms with Gasteiger partial charge in [0, 0.05) is 0 Å². The lowest BCUT2D eigenvalue weighted by molar-refractivity contribution is 0.0425. The standard InChI is InChI=1S/C70H62O6/c1-67(2,3)45-23-13-39(14-24-45)51-35-55-56(36-52(51)40-15-25-46(26-16-40)68(4,5)6)62(44-22-32-50-60(34-44)66(74)76-64(50)72)58-38-54(42-19-29-48(30-20-42)70(10,11)12)53(41-17-27-47(28-18-41)69(7,8)9)37-57(58)61(55)43-21-31-49-59(33-43)65(73)75-63(49)71/h13-38H,1-12H3. The van der Waals surface area contributed by atoms with E-state index in [9.17, 15) is 19.2 Å². The van der Waals surface area contributed by atoms with Crippen molar-refractivity contribution in [2.24, 2.45) is 0 Å². The number of carbonyl (C=O) groups is 4. The lowest BCUT2D eigenvalue weighted by Crippen LogP contribution is -2.10. The number of hydrogen-bond donors (Lipinski definition) is 0. The zero-order chi connectivity index (χ0) is 54.0. The van der Waals surface area contributed by atoms with E-state index in [0.29, 0.717) is 0 Å². The Morgan fingerprint density at radius 3 is 0.671 bits per heavy atom. The molecular weight excluding hydrogens is 937 g/mol. The summed E-state index contributed by atoms with van der Waals surface area (Å²) in [5.74, 6) is -2.71. The van der Waals surface area contributed by atoms with Crippen LogP contribution >= 0.6 is 0 Å². The van der Waals surface area contributed by atoms with Gasteiger partial charge in [-0.1, -0.05) is 192 Å². The summed E-state index contributed by atoms with van der Waals surface area (Å²) in [7, 11) is 0. The molecule has 0 radical (unpaired) electrons. The Kier molecular flexibility index (Phi) is 11.6. The molecule has 11 rings (SSSR count). The van der Waals surface area contributed by atoms with Crippen molar-refractivity contribution in [3.8, 4) is 66.8 Å². The molecule has 76 heavy (non-hydrogen) atoms. The second kappa shape index (κ2) is 17.7. The van der Waals surface area contributed by atoms with Gasteiger partial charge in [0.1, 0.15) is 0 Å². The van der Waals surface area contributed by atoms with E-state index in [0.717, 1.165) is 88.3 Å². The fourth-order valence-electron chi connectivity index (χ4n) is 11.0. The van der Waals surface area contributed by atoms with Gasteiger partial charge in [0.05, 0.1) is 22.3 Å². The lowest BCUT2D eigenvalue weighted by Gasteiger charge is -2.24. The van der Waals surface area contributed by atoms with Crippen LogP contribution in [0.1, 0.15) is 147 Å². The molecule has 0 atom stereocenters. The minimum Gasteiger partial charge on any atom is -0.386 e. The SMILES string of the molecule is CC(C)(C)c1ccc(-c2cc3c(-c4ccc5c(c4)C(=O)OC5=O)c4cc(-c5ccc(C(C)(C)C)cc5)c(-c5ccc(C(C)(C)C)cc5)cc4c(-c4ccc5c(c4)C(=O)OC5=O)c3cc2-c2ccc(C(C)(C)C)cc2)cc1. The summed E-state index contributed by atoms with van der Waals surface area (Å²) < 4.78 is 10.4. The second-order valence-electron chi connectivity index (χ2n) is 24.8. The highest BCUT2D eigenvalue weighted by Gasteiger charge is 2.33. The Labute approximate surface area is 445 Å². The van der Waals surface area contributed by atoms with Gasteiger partial charge >= 0.3 is 23.9 Å². The first kappa shape index (κ1) is 50.0. The van der Waals surface area contributed by atoms with E-state index in [1.165, 1.54) is 22.3 Å². The molecule has 2 aliphatic rings. The Hall–Kier alpha value is -8.22. The molecule has 0 fully saturated rings. The van der Waals surface area contributed by atoms with Gasteiger partial charge in [-0.05, 0) is 181 Å². The number of benzene rings is 9. The van der Waals surface area contributed by atoms with Gasteiger partial charge in [-0.3, -0.25) is 0 Å². The highest BCUT2D eigenvalue weighted by Crippen LogP contribution is 2.51. The van der Waals surface area contributed by atoms with E-state index in [1.54, 1.807) is 24.3 Å². The van der Waals surface area contributed by atoms with Gasteiger partial charge in [0.25, 0.3) is 0 Å². The molecule has 6 nitrogen and oxygen atoms in total. The third-order valence-corrected chi connectivity index (χ3v) is 15.5. The molecule has 9 aromatic rings. The molecule has 2 heterocycles. The molecule has 0 aliphatic carbocycles. The van der Waals surface area contributed by atoms with E-state index < -0.39 is 23.9 Å². The summed E-state index contributed by atoms with van der Waals surface area (Å²) in [6.07, 6.45) is 0. The maximum Gasteiger partial charge on any atom is 0.346 e. The van der Waals surface area contributed by atoms with Crippen molar-refractivity contribution >= 4 is 45.4 Å². The zero-order valence-corrected chi connectivity index (χ0v) is 45.5. The smallest absolute Gasteiger partial charge is 0.346 e. The molecule has 0 amide bonds. The van der Waals surface area contributed by atoms with Crippen LogP contribution in [-0.4, -0.2) is 23.9 Å². The number of cyclic esters (lactones) is 4. The maximum absolute atomic E-state index is 13.5. The van der Waals surface area contributed by atoms with Gasteiger partial charge < -0.3 is 9.47 Å². The van der Waals surface area contributed by atoms with Crippen LogP contribution in [0, 0.1) is 0 Å². The summed E-state index contributed by atoms with van der Waals surface area (Å²) >= 11 is 0. The fraction of sp³-hybridized carbons (Fsp3) is 0.229. The first-order chi connectivity index (χ1) is 35.8. The fourth-order valence-corrected chi connectivity index (χ4v) is 11.0. The van der Waals surface area contributed by atoms with E-state index in [4.69, 9.17) is 9.47 Å². The molecule has 0 aromatic heterocycles. The predicted molar refractivity (Wildman–Crippen MR) is 308 cm³/mol. The van der Waals surface area contributed by atoms with Crippen LogP contribution in [0.3, 0.4) is 0 Å². The molecule has 0 spiro atoms. The predicted octanol–water partition coefficient (Wildman–Crippen LogP) is 17.8. The topological polar surface area (TPSA) is 86.7 Å². The van der Waals surface area contributed by atoms with E-state index >= 15 is 0 Å². The molecule has 0 unspecified atom stereocenters. The third-order valence-electron chi connectivity index (χ3n) is 15.5. The van der Waals surface area contributed by atoms with Gasteiger partial charge in [-0.2, -0.15) is 0 Å². The number of ether oxygens (including phenoxy) is 2. The van der Waals surface area contributed by atoms with Crippen LogP contribution < -0.4 is 0 Å². The van der Waals surface area contributed by atoms with E-state index in [-0.39, 0.29) is 43.9 Å². The first-order valence-corrected chi connectivity index (χ1v) is 26.2. The average Bonchev–Trinajstić information content (AvgIpc) is 3.96. The van der Waals surface area contributed by atoms with Crippen molar-refractivity contribution in [3.63, 3.8) is 0 Å². The normalized spacial score (nSPS) is 13.8. The summed E-state index contributed by atoms with van der Waals surface area (Å²) in [5, 5.41) is 3.50. The monoisotopic (exact) mass is 998 g/mol. The van der Waals surface area contributed by atoms with Crippen LogP contribution in [-0.2, 0) is 31.1 Å². The first-order valence-electron chi connectivity index (χ1n) is 26.2. The summed E-state index contributed by atoms with van der Waals surface area (Å²) in [5.41, 5.74) is 16.6. The molecule has 0 saturated carbocycles. The second-order valence-corrected chi connectivity index (χ2v) is 24.8. The third kappa shape index (κ3) is 8.73. The summed E-state index contributed by atoms with van der Waals surface area (Å²) in [6, 6.07) is 55.2. The highest BCUT2D eigenvalue weighted by atomic mass is 16.6. The molecule has 9 aromatic carbocycles. The van der Waals surface area contributed by atoms with Crippen LogP contribution in [0.4, 0.5) is 0 Å². The van der Waals surface area contributed by atoms with E-state index in [2.05, 4.69) is 204 Å². The molecule has 378 valence electrons. The number of esters is 4. The van der Waals surface area contributed by atoms with Crippen molar-refractivity contribution in [2.45, 2.75) is 105 Å². The van der Waals surface area contributed by atoms with Crippen molar-refractivity contribution < 1.29 is 28.7 Å². The Morgan fingerprint density at radius 1 is 0.237 bits per heavy atom. The van der Waals surface area contributed by atoms with Gasteiger partial charge in [-0.15, -0.1) is 0 Å². The molecular formula is C70H62O6. The highest BCUT2D eigenvalue weighted by molar-refractivity contribution is 6.26. The molecule has 0 bridgehead atoms. The Balaban J connectivity index is 1.34. The van der Waals surface area contributed by atoms with Gasteiger partial charge in [-0.25, -0.2) is 19.2 Å². The van der Waals surface area contributed by atoms with Crippen molar-refractivity contribution in [3.05, 3.63) is 202 Å². The van der Waals surface area contributed by atoms with Crippen molar-refractivity contribution in [1.29, 1.82) is 0 Å². The quantitative estimate of drug-likeness (QED) is 0.0937. The minimum absolute atomic E-state index is 0.0736. The van der Waals surface area contributed by atoms with Crippen LogP contribution in [0.15, 0.2) is 158 Å². The molecule has 0 saturated heterocycles. The summed E-state index contributed by atoms with van der Waals surface area (Å²) in [6.45, 7) is 26.6. The van der Waals surface area contributed by atoms with Crippen LogP contribution in [0.25, 0.3) is 88.3 Å². The van der Waals surface area contributed by atoms with Gasteiger partial charge in [0.15, 0.2) is 0 Å². The number of rotatable bonds is 6. The summed E-state index contributed by atoms with van der Waals surface area (Å²) in [4.78, 5) is 53.1.